The lowest BCUT2D eigenvalue weighted by molar-refractivity contribution is 0.0118. The number of hydrogen-bond donors (Lipinski definition) is 2. The number of aliphatic hydroxyl groups is 2. The zero-order valence-electron chi connectivity index (χ0n) is 15.6. The molecule has 1 saturated carbocycles. The minimum absolute atomic E-state index is 0.259. The third-order valence-electron chi connectivity index (χ3n) is 5.47. The van der Waals surface area contributed by atoms with Crippen LogP contribution in [-0.4, -0.2) is 22.4 Å². The second-order valence-corrected chi connectivity index (χ2v) is 7.91. The molecule has 23 heavy (non-hydrogen) atoms. The summed E-state index contributed by atoms with van der Waals surface area (Å²) in [7, 11) is 0. The van der Waals surface area contributed by atoms with Crippen LogP contribution in [0.15, 0.2) is 0 Å². The maximum absolute atomic E-state index is 9.69. The van der Waals surface area contributed by atoms with Gasteiger partial charge in [0.2, 0.25) is 0 Å². The molecule has 138 valence electrons. The SMILES string of the molecule is CCCCCCCCCCCCCCCC1CC(O)CC(O)C1. The number of aliphatic hydroxyl groups excluding tert-OH is 2. The van der Waals surface area contributed by atoms with Crippen LogP contribution in [0.1, 0.15) is 116 Å². The van der Waals surface area contributed by atoms with E-state index in [1.54, 1.807) is 0 Å². The van der Waals surface area contributed by atoms with E-state index in [2.05, 4.69) is 6.92 Å². The van der Waals surface area contributed by atoms with Crippen molar-refractivity contribution < 1.29 is 10.2 Å². The summed E-state index contributed by atoms with van der Waals surface area (Å²) >= 11 is 0. The van der Waals surface area contributed by atoms with Crippen molar-refractivity contribution in [3.8, 4) is 0 Å². The molecule has 2 nitrogen and oxygen atoms in total. The Balaban J connectivity index is 1.78. The van der Waals surface area contributed by atoms with E-state index in [1.165, 1.54) is 89.9 Å². The van der Waals surface area contributed by atoms with Gasteiger partial charge >= 0.3 is 0 Å². The molecule has 2 atom stereocenters. The Kier molecular flexibility index (Phi) is 13.0. The summed E-state index contributed by atoms with van der Waals surface area (Å²) < 4.78 is 0. The number of rotatable bonds is 14. The van der Waals surface area contributed by atoms with Crippen molar-refractivity contribution in [2.24, 2.45) is 5.92 Å². The van der Waals surface area contributed by atoms with E-state index in [9.17, 15) is 10.2 Å². The van der Waals surface area contributed by atoms with E-state index in [-0.39, 0.29) is 12.2 Å². The molecule has 0 aromatic rings. The van der Waals surface area contributed by atoms with Crippen LogP contribution in [-0.2, 0) is 0 Å². The van der Waals surface area contributed by atoms with E-state index >= 15 is 0 Å². The van der Waals surface area contributed by atoms with Crippen molar-refractivity contribution in [2.75, 3.05) is 0 Å². The van der Waals surface area contributed by atoms with Crippen LogP contribution < -0.4 is 0 Å². The summed E-state index contributed by atoms with van der Waals surface area (Å²) in [6.45, 7) is 2.28. The molecule has 0 aromatic carbocycles. The smallest absolute Gasteiger partial charge is 0.0567 e. The van der Waals surface area contributed by atoms with Gasteiger partial charge in [-0.25, -0.2) is 0 Å². The average Bonchev–Trinajstić information content (AvgIpc) is 2.51. The van der Waals surface area contributed by atoms with E-state index in [4.69, 9.17) is 0 Å². The second-order valence-electron chi connectivity index (χ2n) is 7.91. The molecule has 2 heteroatoms. The first-order valence-corrected chi connectivity index (χ1v) is 10.6. The average molecular weight is 327 g/mol. The van der Waals surface area contributed by atoms with E-state index in [1.807, 2.05) is 0 Å². The van der Waals surface area contributed by atoms with Gasteiger partial charge in [0.25, 0.3) is 0 Å². The summed E-state index contributed by atoms with van der Waals surface area (Å²) in [5.74, 6) is 0.557. The molecule has 0 bridgehead atoms. The molecule has 0 amide bonds. The van der Waals surface area contributed by atoms with Gasteiger partial charge in [-0.1, -0.05) is 96.8 Å². The molecule has 0 spiro atoms. The van der Waals surface area contributed by atoms with Crippen LogP contribution in [0.2, 0.25) is 0 Å². The van der Waals surface area contributed by atoms with Gasteiger partial charge in [0, 0.05) is 0 Å². The van der Waals surface area contributed by atoms with Crippen molar-refractivity contribution in [3.05, 3.63) is 0 Å². The largest absolute Gasteiger partial charge is 0.393 e. The number of hydrogen-bond acceptors (Lipinski definition) is 2. The Hall–Kier alpha value is -0.0800. The monoisotopic (exact) mass is 326 g/mol. The third kappa shape index (κ3) is 12.0. The highest BCUT2D eigenvalue weighted by Crippen LogP contribution is 2.29. The van der Waals surface area contributed by atoms with Gasteiger partial charge in [0.15, 0.2) is 0 Å². The summed E-state index contributed by atoms with van der Waals surface area (Å²) in [4.78, 5) is 0. The second kappa shape index (κ2) is 14.3. The van der Waals surface area contributed by atoms with Gasteiger partial charge in [0.05, 0.1) is 12.2 Å². The summed E-state index contributed by atoms with van der Waals surface area (Å²) in [5, 5.41) is 19.4. The van der Waals surface area contributed by atoms with Crippen LogP contribution in [0.3, 0.4) is 0 Å². The van der Waals surface area contributed by atoms with Gasteiger partial charge in [0.1, 0.15) is 0 Å². The highest BCUT2D eigenvalue weighted by molar-refractivity contribution is 4.77. The first-order valence-electron chi connectivity index (χ1n) is 10.6. The first kappa shape index (κ1) is 21.0. The molecular formula is C21H42O2. The molecule has 0 heterocycles. The molecule has 0 aliphatic heterocycles. The van der Waals surface area contributed by atoms with Crippen molar-refractivity contribution in [1.82, 2.24) is 0 Å². The lowest BCUT2D eigenvalue weighted by Gasteiger charge is -2.29. The Bertz CT molecular complexity index is 244. The van der Waals surface area contributed by atoms with Gasteiger partial charge in [-0.2, -0.15) is 0 Å². The topological polar surface area (TPSA) is 40.5 Å². The normalized spacial score (nSPS) is 24.9. The van der Waals surface area contributed by atoms with E-state index in [0.717, 1.165) is 12.8 Å². The highest BCUT2D eigenvalue weighted by atomic mass is 16.3. The quantitative estimate of drug-likeness (QED) is 0.385. The Morgan fingerprint density at radius 3 is 1.39 bits per heavy atom. The van der Waals surface area contributed by atoms with Crippen molar-refractivity contribution >= 4 is 0 Å². The summed E-state index contributed by atoms with van der Waals surface area (Å²) in [5.41, 5.74) is 0. The lowest BCUT2D eigenvalue weighted by Crippen LogP contribution is -2.29. The summed E-state index contributed by atoms with van der Waals surface area (Å²) in [6, 6.07) is 0. The predicted octanol–water partition coefficient (Wildman–Crippen LogP) is 5.99. The Morgan fingerprint density at radius 1 is 0.565 bits per heavy atom. The number of unbranched alkanes of at least 4 members (excludes halogenated alkanes) is 12. The van der Waals surface area contributed by atoms with E-state index < -0.39 is 0 Å². The fourth-order valence-corrected chi connectivity index (χ4v) is 4.06. The predicted molar refractivity (Wildman–Crippen MR) is 99.7 cm³/mol. The van der Waals surface area contributed by atoms with Crippen molar-refractivity contribution in [1.29, 1.82) is 0 Å². The summed E-state index contributed by atoms with van der Waals surface area (Å²) in [6.07, 6.45) is 21.3. The zero-order valence-corrected chi connectivity index (χ0v) is 15.6. The van der Waals surface area contributed by atoms with Crippen LogP contribution >= 0.6 is 0 Å². The van der Waals surface area contributed by atoms with Crippen molar-refractivity contribution in [2.45, 2.75) is 128 Å². The van der Waals surface area contributed by atoms with Crippen LogP contribution in [0.5, 0.6) is 0 Å². The molecule has 1 fully saturated rings. The van der Waals surface area contributed by atoms with Crippen LogP contribution in [0.4, 0.5) is 0 Å². The molecule has 1 aliphatic carbocycles. The molecular weight excluding hydrogens is 284 g/mol. The van der Waals surface area contributed by atoms with E-state index in [0.29, 0.717) is 12.3 Å². The fourth-order valence-electron chi connectivity index (χ4n) is 4.06. The lowest BCUT2D eigenvalue weighted by atomic mass is 9.82. The standard InChI is InChI=1S/C21H42O2/c1-2-3-4-5-6-7-8-9-10-11-12-13-14-15-19-16-20(22)18-21(23)17-19/h19-23H,2-18H2,1H3. The maximum atomic E-state index is 9.69. The molecule has 0 aromatic heterocycles. The van der Waals surface area contributed by atoms with Gasteiger partial charge in [-0.05, 0) is 25.2 Å². The molecule has 1 aliphatic rings. The molecule has 2 N–H and O–H groups in total. The van der Waals surface area contributed by atoms with Gasteiger partial charge in [-0.15, -0.1) is 0 Å². The van der Waals surface area contributed by atoms with Gasteiger partial charge < -0.3 is 10.2 Å². The first-order chi connectivity index (χ1) is 11.2. The molecule has 2 unspecified atom stereocenters. The fraction of sp³-hybridized carbons (Fsp3) is 1.00. The van der Waals surface area contributed by atoms with Crippen LogP contribution in [0, 0.1) is 5.92 Å². The Morgan fingerprint density at radius 2 is 0.957 bits per heavy atom. The third-order valence-corrected chi connectivity index (χ3v) is 5.47. The minimum atomic E-state index is -0.259. The van der Waals surface area contributed by atoms with Crippen molar-refractivity contribution in [3.63, 3.8) is 0 Å². The van der Waals surface area contributed by atoms with Crippen LogP contribution in [0.25, 0.3) is 0 Å². The molecule has 0 saturated heterocycles. The molecule has 1 rings (SSSR count). The minimum Gasteiger partial charge on any atom is -0.393 e. The highest BCUT2D eigenvalue weighted by Gasteiger charge is 2.25. The zero-order chi connectivity index (χ0) is 16.8. The maximum Gasteiger partial charge on any atom is 0.0567 e. The Labute approximate surface area is 145 Å². The van der Waals surface area contributed by atoms with Gasteiger partial charge in [-0.3, -0.25) is 0 Å². The molecule has 0 radical (unpaired) electrons.